The molecule has 130 heavy (non-hydrogen) atoms. The van der Waals surface area contributed by atoms with Crippen molar-refractivity contribution in [2.45, 2.75) is 227 Å². The number of fused-ring (bicyclic) bond motifs is 6. The number of imide groups is 1. The summed E-state index contributed by atoms with van der Waals surface area (Å²) in [4.78, 5) is 196. The molecule has 19 atom stereocenters. The van der Waals surface area contributed by atoms with Gasteiger partial charge < -0.3 is 107 Å². The Hall–Kier alpha value is -10.5. The average molecular weight is 1860 g/mol. The Kier molecular flexibility index (Phi) is 36.8. The molecular formula is C91H122N14O22S3. The minimum Gasteiger partial charge on any atom is -0.496 e. The van der Waals surface area contributed by atoms with E-state index in [4.69, 9.17) is 29.4 Å². The van der Waals surface area contributed by atoms with Crippen molar-refractivity contribution in [3.8, 4) is 5.75 Å². The molecule has 5 aliphatic heterocycles. The van der Waals surface area contributed by atoms with Crippen LogP contribution >= 0.6 is 33.3 Å². The number of benzene rings is 4. The number of hydrogen-bond acceptors (Lipinski definition) is 27. The van der Waals surface area contributed by atoms with E-state index in [0.29, 0.717) is 57.4 Å². The van der Waals surface area contributed by atoms with Gasteiger partial charge in [0.05, 0.1) is 61.5 Å². The number of epoxide rings is 1. The molecule has 10 rings (SSSR count). The summed E-state index contributed by atoms with van der Waals surface area (Å²) in [5, 5.41) is 68.3. The number of H-pyrrole nitrogens is 1. The van der Waals surface area contributed by atoms with Crippen LogP contribution in [0.5, 0.6) is 5.75 Å². The van der Waals surface area contributed by atoms with Crippen molar-refractivity contribution in [3.05, 3.63) is 155 Å². The Morgan fingerprint density at radius 3 is 2.14 bits per heavy atom. The Bertz CT molecular complexity index is 4910. The number of nitrogens with two attached hydrogens (primary N) is 1. The second kappa shape index (κ2) is 47.1. The van der Waals surface area contributed by atoms with Crippen molar-refractivity contribution in [1.82, 2.24) is 62.6 Å². The lowest BCUT2D eigenvalue weighted by Crippen LogP contribution is -2.63. The van der Waals surface area contributed by atoms with Crippen LogP contribution in [0.1, 0.15) is 114 Å². The molecule has 36 nitrogen and oxygen atoms in total. The number of esters is 1. The van der Waals surface area contributed by atoms with Gasteiger partial charge in [-0.3, -0.25) is 63.0 Å². The average Bonchev–Trinajstić information content (AvgIpc) is 1.57. The molecule has 706 valence electrons. The Morgan fingerprint density at radius 2 is 1.46 bits per heavy atom. The van der Waals surface area contributed by atoms with Crippen LogP contribution in [0.15, 0.2) is 127 Å². The maximum Gasteiger partial charge on any atom is 0.409 e. The second-order valence-corrected chi connectivity index (χ2v) is 37.6. The van der Waals surface area contributed by atoms with Crippen LogP contribution in [0.4, 0.5) is 10.5 Å². The zero-order valence-corrected chi connectivity index (χ0v) is 77.3. The van der Waals surface area contributed by atoms with Gasteiger partial charge in [-0.2, -0.15) is 0 Å². The van der Waals surface area contributed by atoms with Crippen molar-refractivity contribution >= 4 is 127 Å². The van der Waals surface area contributed by atoms with Crippen LogP contribution in [0, 0.1) is 12.8 Å². The number of aliphatic hydroxyl groups is 4. The number of alkyl carbamates (subject to hydrolysis) is 1. The molecule has 5 aliphatic rings. The van der Waals surface area contributed by atoms with Crippen LogP contribution in [-0.4, -0.2) is 292 Å². The smallest absolute Gasteiger partial charge is 0.409 e. The molecule has 1 aromatic heterocycles. The number of carbonyl (C=O) groups is 13. The minimum absolute atomic E-state index is 0.0180. The third-order valence-corrected chi connectivity index (χ3v) is 27.8. The van der Waals surface area contributed by atoms with E-state index in [1.54, 1.807) is 106 Å². The molecule has 4 fully saturated rings. The molecule has 16 N–H and O–H groups in total. The van der Waals surface area contributed by atoms with Gasteiger partial charge in [0.25, 0.3) is 0 Å². The topological polar surface area (TPSA) is 512 Å². The molecule has 4 saturated heterocycles. The number of thioether (sulfide) groups is 1. The third-order valence-electron chi connectivity index (χ3n) is 24.2. The highest BCUT2D eigenvalue weighted by atomic mass is 33.1. The summed E-state index contributed by atoms with van der Waals surface area (Å²) in [5.41, 5.74) is 7.96. The summed E-state index contributed by atoms with van der Waals surface area (Å²) < 4.78 is 30.0. The van der Waals surface area contributed by atoms with Gasteiger partial charge in [0.15, 0.2) is 5.72 Å². The van der Waals surface area contributed by atoms with Crippen LogP contribution in [0.25, 0.3) is 10.9 Å². The minimum atomic E-state index is -1.94. The molecule has 0 aliphatic carbocycles. The quantitative estimate of drug-likeness (QED) is 0.0103. The van der Waals surface area contributed by atoms with E-state index in [1.165, 1.54) is 51.8 Å². The standard InChI is InChI=1S/C91H122N14O22S3/c1-50-23-22-31-73(124-11)91(122)45-71(125-89(121)102-91)52(3)79-90(7,127-79)74(44-76(110)104(9)69-40-58(37-50)41-70(123-10)51(69)2)126-88(120)53(4)103(8)75(109)32-36-128-72-43-77(111)105(87(72)119)35-34-93-63(38-56-24-14-12-15-25-56)81(113)99-67-48-129-130-49-68(85(117)98-66(47-106)54(5)107)100-86(118)78(55(6)108)101-80(112)62(30-20-21-33-92)95-83(115)65(42-59-46-94-61-29-19-18-28-60(59)61)97-82(114)64(96-84(67)116)39-57-26-16-13-17-27-57/h12-19,22-29,31,40-41,46,52-55,62-68,71-74,78-79,93-94,106-108,122H,20-21,30,32-39,42-45,47-49,92H2,1-11H3,(H,95,115)(H,96,116)(H,97,114)(H,98,117)(H,99,113)(H,100,118)(H,101,112)(H,102,121)/b31-22+,50-23+/t52-,53+,54-,55-,62+,63-,64+,65-,66-,67+,68+,71+,72?,73-,74+,78+,79+,90+,91+/m1/s1. The number of likely N-dealkylation sites (N-methyl/N-ethyl adjacent to an activating group) is 1. The van der Waals surface area contributed by atoms with Crippen molar-refractivity contribution in [2.24, 2.45) is 11.7 Å². The van der Waals surface area contributed by atoms with Gasteiger partial charge in [-0.25, -0.2) is 9.59 Å². The highest BCUT2D eigenvalue weighted by Crippen LogP contribution is 2.49. The number of carbonyl (C=O) groups excluding carboxylic acids is 13. The molecule has 39 heteroatoms. The molecule has 6 heterocycles. The molecule has 1 unspecified atom stereocenters. The molecule has 0 spiro atoms. The number of para-hydroxylation sites is 1. The predicted octanol–water partition coefficient (Wildman–Crippen LogP) is 2.26. The number of rotatable bonds is 30. The van der Waals surface area contributed by atoms with E-state index in [-0.39, 0.29) is 88.3 Å². The first kappa shape index (κ1) is 102. The summed E-state index contributed by atoms with van der Waals surface area (Å²) >= 11 is 1.06. The first-order valence-electron chi connectivity index (χ1n) is 43.5. The number of aliphatic hydroxyl groups excluding tert-OH is 3. The van der Waals surface area contributed by atoms with E-state index in [1.807, 2.05) is 50.3 Å². The molecule has 4 bridgehead atoms. The van der Waals surface area contributed by atoms with Crippen LogP contribution < -0.4 is 63.2 Å². The number of amides is 12. The monoisotopic (exact) mass is 1860 g/mol. The Morgan fingerprint density at radius 1 is 0.800 bits per heavy atom. The SMILES string of the molecule is COc1cc2cc(c1C)N(C)C(=O)C[C@H](OC(=O)[C@H](C)N(C)C(=O)CCSC1CC(=O)N(CCN[C@H](Cc3ccccc3)C(=O)N[C@H]3CSSC[C@@H](C(=O)N[C@H](CO)[C@@H](C)O)NC(=O)[C@H]([C@@H](C)O)NC(=O)[C@H](CCCCN)NC(=O)[C@@H](Cc4c[nH]c5ccccc45)NC(=O)[C@H](Cc4ccccc4)NC3=O)C1=O)[C@]1(C)O[C@H]1[C@H](C)[C@@H]1C[C@@](O)(NC(=O)O1)[C@H](OC)/C=C/C=C(\C)C2. The number of unbranched alkanes of at least 4 members (excludes halogenated alkanes) is 1. The molecule has 0 radical (unpaired) electrons. The van der Waals surface area contributed by atoms with Gasteiger partial charge in [0.2, 0.25) is 65.0 Å². The lowest BCUT2D eigenvalue weighted by Gasteiger charge is -2.42. The van der Waals surface area contributed by atoms with Gasteiger partial charge in [-0.1, -0.05) is 131 Å². The van der Waals surface area contributed by atoms with Gasteiger partial charge in [-0.05, 0) is 121 Å². The number of hydrogen-bond donors (Lipinski definition) is 15. The van der Waals surface area contributed by atoms with Gasteiger partial charge in [0, 0.05) is 112 Å². The highest BCUT2D eigenvalue weighted by Gasteiger charge is 2.65. The fourth-order valence-electron chi connectivity index (χ4n) is 16.2. The van der Waals surface area contributed by atoms with E-state index in [2.05, 4.69) is 52.8 Å². The van der Waals surface area contributed by atoms with E-state index in [9.17, 15) is 63.6 Å². The first-order chi connectivity index (χ1) is 62.0. The number of likely N-dealkylation sites (tertiary alicyclic amines) is 1. The summed E-state index contributed by atoms with van der Waals surface area (Å²) in [7, 11) is 7.83. The fourth-order valence-corrected chi connectivity index (χ4v) is 19.6. The summed E-state index contributed by atoms with van der Waals surface area (Å²) in [6.45, 7) is 10.2. The van der Waals surface area contributed by atoms with Crippen LogP contribution in [0.2, 0.25) is 0 Å². The molecule has 5 aromatic rings. The number of methoxy groups -OCH3 is 2. The number of aromatic nitrogens is 1. The number of nitrogens with zero attached hydrogens (tertiary/aromatic N) is 3. The fraction of sp³-hybridized carbons (Fsp3) is 0.527. The largest absolute Gasteiger partial charge is 0.496 e. The first-order valence-corrected chi connectivity index (χ1v) is 47.0. The summed E-state index contributed by atoms with van der Waals surface area (Å²) in [5.74, 6) is -9.99. The highest BCUT2D eigenvalue weighted by molar-refractivity contribution is 8.76. The number of nitrogens with one attached hydrogen (secondary N) is 10. The van der Waals surface area contributed by atoms with Crippen molar-refractivity contribution in [1.29, 1.82) is 0 Å². The summed E-state index contributed by atoms with van der Waals surface area (Å²) in [6.07, 6.45) is -1.33. The van der Waals surface area contributed by atoms with E-state index < -0.39 is 204 Å². The van der Waals surface area contributed by atoms with Gasteiger partial charge in [0.1, 0.15) is 72.0 Å². The van der Waals surface area contributed by atoms with Crippen LogP contribution in [0.3, 0.4) is 0 Å². The number of anilines is 1. The van der Waals surface area contributed by atoms with Crippen LogP contribution in [-0.2, 0) is 102 Å². The molecule has 0 saturated carbocycles. The zero-order chi connectivity index (χ0) is 94.4. The maximum absolute atomic E-state index is 15.4. The molecule has 12 amide bonds. The van der Waals surface area contributed by atoms with Crippen molar-refractivity contribution < 1.29 is 106 Å². The second-order valence-electron chi connectivity index (χ2n) is 33.8. The Balaban J connectivity index is 0.843. The van der Waals surface area contributed by atoms with Crippen molar-refractivity contribution in [3.63, 3.8) is 0 Å². The van der Waals surface area contributed by atoms with Crippen molar-refractivity contribution in [2.75, 3.05) is 76.7 Å². The van der Waals surface area contributed by atoms with Gasteiger partial charge >= 0.3 is 12.1 Å². The number of ether oxygens (including phenoxy) is 5. The summed E-state index contributed by atoms with van der Waals surface area (Å²) in [6, 6.07) is 15.5. The van der Waals surface area contributed by atoms with E-state index in [0.717, 1.165) is 49.4 Å². The third kappa shape index (κ3) is 26.7. The number of allylic oxidation sites excluding steroid dienone is 3. The lowest BCUT2D eigenvalue weighted by molar-refractivity contribution is -0.162. The normalized spacial score (nSPS) is 27.1. The lowest BCUT2D eigenvalue weighted by atomic mass is 9.83. The zero-order valence-electron chi connectivity index (χ0n) is 74.9. The Labute approximate surface area is 767 Å². The molecular weight excluding hydrogens is 1740 g/mol. The predicted molar refractivity (Wildman–Crippen MR) is 489 cm³/mol. The van der Waals surface area contributed by atoms with E-state index >= 15 is 19.2 Å². The maximum atomic E-state index is 15.4. The number of aromatic amines is 1. The van der Waals surface area contributed by atoms with Gasteiger partial charge in [-0.15, -0.1) is 11.8 Å². The molecule has 4 aromatic carbocycles.